The zero-order valence-corrected chi connectivity index (χ0v) is 27.2. The van der Waals surface area contributed by atoms with E-state index >= 15 is 0 Å². The Morgan fingerprint density at radius 1 is 1.07 bits per heavy atom. The predicted molar refractivity (Wildman–Crippen MR) is 173 cm³/mol. The summed E-state index contributed by atoms with van der Waals surface area (Å²) in [7, 11) is 0. The Kier molecular flexibility index (Phi) is 8.58. The zero-order valence-electron chi connectivity index (χ0n) is 25.6. The van der Waals surface area contributed by atoms with Gasteiger partial charge in [0.05, 0.1) is 12.8 Å². The molecular weight excluding hydrogens is 622 g/mol. The van der Waals surface area contributed by atoms with E-state index < -0.39 is 11.9 Å². The van der Waals surface area contributed by atoms with E-state index in [-0.39, 0.29) is 18.0 Å². The first-order valence-corrected chi connectivity index (χ1v) is 17.0. The van der Waals surface area contributed by atoms with Gasteiger partial charge in [0.1, 0.15) is 6.04 Å². The molecule has 6 heterocycles. The molecule has 3 N–H and O–H groups in total. The Labute approximate surface area is 268 Å². The Morgan fingerprint density at radius 2 is 1.84 bits per heavy atom. The number of ether oxygens (including phenoxy) is 1. The van der Waals surface area contributed by atoms with Gasteiger partial charge >= 0.3 is 6.03 Å². The van der Waals surface area contributed by atoms with Gasteiger partial charge in [-0.2, -0.15) is 0 Å². The number of hydrogen-bond acceptors (Lipinski definition) is 7. The number of carbonyl (C=O) groups is 2. The minimum atomic E-state index is -0.810. The second-order valence-corrected chi connectivity index (χ2v) is 13.8. The minimum Gasteiger partial charge on any atom is -0.372 e. The molecule has 5 fully saturated rings. The molecule has 8 rings (SSSR count). The van der Waals surface area contributed by atoms with Gasteiger partial charge in [-0.05, 0) is 68.1 Å². The summed E-state index contributed by atoms with van der Waals surface area (Å²) >= 11 is 3.60. The van der Waals surface area contributed by atoms with Crippen LogP contribution in [0.4, 0.5) is 10.5 Å². The Morgan fingerprint density at radius 3 is 2.61 bits per heavy atom. The van der Waals surface area contributed by atoms with Crippen molar-refractivity contribution >= 4 is 33.6 Å². The highest BCUT2D eigenvalue weighted by atomic mass is 79.9. The monoisotopic (exact) mass is 665 g/mol. The van der Waals surface area contributed by atoms with Crippen LogP contribution >= 0.6 is 15.9 Å². The lowest BCUT2D eigenvalue weighted by atomic mass is 9.93. The first-order valence-electron chi connectivity index (χ1n) is 16.2. The molecule has 0 saturated carbocycles. The summed E-state index contributed by atoms with van der Waals surface area (Å²) in [5, 5.41) is 10.2. The van der Waals surface area contributed by atoms with Crippen molar-refractivity contribution in [3.8, 4) is 0 Å². The highest BCUT2D eigenvalue weighted by Crippen LogP contribution is 2.46. The quantitative estimate of drug-likeness (QED) is 0.436. The van der Waals surface area contributed by atoms with E-state index in [4.69, 9.17) is 4.74 Å². The number of rotatable bonds is 6. The number of aryl methyl sites for hydroxylation is 1. The third-order valence-electron chi connectivity index (χ3n) is 10.2. The van der Waals surface area contributed by atoms with Gasteiger partial charge in [-0.25, -0.2) is 9.69 Å². The molecule has 0 aromatic heterocycles. The molecule has 0 spiro atoms. The van der Waals surface area contributed by atoms with Crippen LogP contribution in [0.1, 0.15) is 42.4 Å². The summed E-state index contributed by atoms with van der Waals surface area (Å²) in [6, 6.07) is 14.1. The molecule has 236 valence electrons. The van der Waals surface area contributed by atoms with Crippen molar-refractivity contribution in [3.63, 3.8) is 0 Å². The van der Waals surface area contributed by atoms with Crippen molar-refractivity contribution in [2.75, 3.05) is 57.8 Å². The van der Waals surface area contributed by atoms with Crippen LogP contribution in [0, 0.1) is 6.92 Å². The smallest absolute Gasteiger partial charge is 0.321 e. The van der Waals surface area contributed by atoms with Crippen LogP contribution in [0.5, 0.6) is 0 Å². The molecule has 2 aromatic rings. The van der Waals surface area contributed by atoms with E-state index in [1.807, 2.05) is 34.1 Å². The molecule has 2 aromatic carbocycles. The maximum absolute atomic E-state index is 14.2. The van der Waals surface area contributed by atoms with Crippen LogP contribution in [0.3, 0.4) is 0 Å². The fourth-order valence-electron chi connectivity index (χ4n) is 7.69. The van der Waals surface area contributed by atoms with E-state index in [9.17, 15) is 9.59 Å². The third kappa shape index (κ3) is 5.85. The van der Waals surface area contributed by atoms with Gasteiger partial charge in [-0.15, -0.1) is 0 Å². The van der Waals surface area contributed by atoms with Gasteiger partial charge in [-0.1, -0.05) is 46.3 Å². The number of piperidine rings is 2. The Balaban J connectivity index is 1.08. The van der Waals surface area contributed by atoms with E-state index in [0.29, 0.717) is 45.3 Å². The number of amides is 3. The Bertz CT molecular complexity index is 1370. The molecule has 10 nitrogen and oxygen atoms in total. The van der Waals surface area contributed by atoms with E-state index in [0.717, 1.165) is 73.1 Å². The number of nitrogens with zero attached hydrogens (tertiary/aromatic N) is 4. The number of nitrogens with one attached hydrogen (secondary N) is 3. The fraction of sp³-hybridized carbons (Fsp3) is 0.576. The maximum Gasteiger partial charge on any atom is 0.321 e. The highest BCUT2D eigenvalue weighted by Gasteiger charge is 2.59. The van der Waals surface area contributed by atoms with E-state index in [1.54, 1.807) is 0 Å². The van der Waals surface area contributed by atoms with Crippen molar-refractivity contribution < 1.29 is 14.3 Å². The SMILES string of the molecule is Cc1cc(CC(NC(=O)N2CCC3C[C@]2(N2CNc4ccccc4C2)O3)C(=O)N2CCN(C3CCNCC3)CC2)ccc1Br. The standard InChI is InChI=1S/C33H44BrN7O3/c1-23-18-24(6-7-28(23)34)19-30(31(42)39-16-14-38(15-17-39)26-8-11-35-12-9-26)37-32(43)41-13-10-27-20-33(41,44-27)40-21-25-4-2-3-5-29(25)36-22-40/h2-7,18,26-27,30,35-36H,8-17,19-22H2,1H3,(H,37,43)/t27?,30?,33-/m1/s1. The Hall–Kier alpha value is -2.70. The molecule has 3 atom stereocenters. The molecular formula is C33H44BrN7O3. The normalized spacial score (nSPS) is 26.7. The van der Waals surface area contributed by atoms with Crippen molar-refractivity contribution in [3.05, 3.63) is 63.6 Å². The number of hydrogen-bond donors (Lipinski definition) is 3. The predicted octanol–water partition coefficient (Wildman–Crippen LogP) is 3.31. The van der Waals surface area contributed by atoms with Crippen LogP contribution in [0.2, 0.25) is 0 Å². The minimum absolute atomic E-state index is 0.00378. The zero-order chi connectivity index (χ0) is 30.3. The summed E-state index contributed by atoms with van der Waals surface area (Å²) in [6.07, 6.45) is 4.50. The third-order valence-corrected chi connectivity index (χ3v) is 11.1. The first kappa shape index (κ1) is 30.0. The van der Waals surface area contributed by atoms with Gasteiger partial charge < -0.3 is 25.6 Å². The average molecular weight is 667 g/mol. The number of benzene rings is 2. The molecule has 44 heavy (non-hydrogen) atoms. The number of urea groups is 1. The largest absolute Gasteiger partial charge is 0.372 e. The lowest BCUT2D eigenvalue weighted by Crippen LogP contribution is -2.77. The van der Waals surface area contributed by atoms with Crippen LogP contribution in [-0.4, -0.2) is 108 Å². The van der Waals surface area contributed by atoms with Crippen molar-refractivity contribution in [1.82, 2.24) is 30.2 Å². The van der Waals surface area contributed by atoms with Gasteiger partial charge in [0, 0.05) is 68.3 Å². The van der Waals surface area contributed by atoms with Crippen molar-refractivity contribution in [2.24, 2.45) is 0 Å². The van der Waals surface area contributed by atoms with Gasteiger partial charge in [0.25, 0.3) is 0 Å². The van der Waals surface area contributed by atoms with Crippen LogP contribution in [-0.2, 0) is 22.5 Å². The number of para-hydroxylation sites is 1. The summed E-state index contributed by atoms with van der Waals surface area (Å²) in [5.74, 6) is -0.813. The van der Waals surface area contributed by atoms with Crippen molar-refractivity contribution in [2.45, 2.75) is 69.6 Å². The summed E-state index contributed by atoms with van der Waals surface area (Å²) in [6.45, 7) is 9.19. The summed E-state index contributed by atoms with van der Waals surface area (Å²) in [4.78, 5) is 36.9. The van der Waals surface area contributed by atoms with Crippen molar-refractivity contribution in [1.29, 1.82) is 0 Å². The van der Waals surface area contributed by atoms with Crippen LogP contribution < -0.4 is 16.0 Å². The second kappa shape index (κ2) is 12.6. The first-order chi connectivity index (χ1) is 21.4. The lowest BCUT2D eigenvalue weighted by Gasteiger charge is -2.62. The lowest BCUT2D eigenvalue weighted by molar-refractivity contribution is -0.365. The van der Waals surface area contributed by atoms with Gasteiger partial charge in [0.15, 0.2) is 0 Å². The molecule has 2 bridgehead atoms. The summed E-state index contributed by atoms with van der Waals surface area (Å²) < 4.78 is 7.50. The highest BCUT2D eigenvalue weighted by molar-refractivity contribution is 9.10. The van der Waals surface area contributed by atoms with Gasteiger partial charge in [-0.3, -0.25) is 14.6 Å². The second-order valence-electron chi connectivity index (χ2n) is 12.9. The van der Waals surface area contributed by atoms with E-state index in [1.165, 1.54) is 5.56 Å². The molecule has 6 aliphatic heterocycles. The number of halogens is 1. The molecule has 3 amide bonds. The number of carbonyl (C=O) groups excluding carboxylic acids is 2. The summed E-state index contributed by atoms with van der Waals surface area (Å²) in [5.41, 5.74) is 4.45. The number of anilines is 1. The van der Waals surface area contributed by atoms with Crippen LogP contribution in [0.25, 0.3) is 0 Å². The number of fused-ring (bicyclic) bond motifs is 3. The maximum atomic E-state index is 14.2. The molecule has 5 saturated heterocycles. The molecule has 2 unspecified atom stereocenters. The average Bonchev–Trinajstić information content (AvgIpc) is 3.05. The van der Waals surface area contributed by atoms with Gasteiger partial charge in [0.2, 0.25) is 11.8 Å². The molecule has 6 aliphatic rings. The van der Waals surface area contributed by atoms with E-state index in [2.05, 4.69) is 66.8 Å². The molecule has 0 aliphatic carbocycles. The molecule has 0 radical (unpaired) electrons. The number of piperazine rings is 1. The molecule has 11 heteroatoms. The fourth-order valence-corrected chi connectivity index (χ4v) is 7.93. The topological polar surface area (TPSA) is 92.4 Å². The van der Waals surface area contributed by atoms with Crippen LogP contribution in [0.15, 0.2) is 46.9 Å².